The minimum Gasteiger partial charge on any atom is -0.497 e. The summed E-state index contributed by atoms with van der Waals surface area (Å²) in [7, 11) is 1.64. The van der Waals surface area contributed by atoms with Crippen molar-refractivity contribution in [2.45, 2.75) is 25.6 Å². The van der Waals surface area contributed by atoms with Crippen molar-refractivity contribution in [3.05, 3.63) is 117 Å². The van der Waals surface area contributed by atoms with E-state index in [1.165, 1.54) is 11.1 Å². The molecule has 6 rings (SSSR count). The van der Waals surface area contributed by atoms with Crippen LogP contribution in [0.4, 0.5) is 0 Å². The lowest BCUT2D eigenvalue weighted by Crippen LogP contribution is -2.38. The lowest BCUT2D eigenvalue weighted by molar-refractivity contribution is 0.194. The highest BCUT2D eigenvalue weighted by atomic mass is 16.5. The molecule has 0 aliphatic carbocycles. The Balaban J connectivity index is 1.49. The number of aromatic nitrogens is 5. The third-order valence-electron chi connectivity index (χ3n) is 6.88. The molecule has 180 valence electrons. The van der Waals surface area contributed by atoms with Crippen LogP contribution in [0.2, 0.25) is 0 Å². The summed E-state index contributed by atoms with van der Waals surface area (Å²) in [4.78, 5) is 18.9. The fourth-order valence-corrected chi connectivity index (χ4v) is 5.05. The highest BCUT2D eigenvalue weighted by molar-refractivity contribution is 5.80. The molecule has 0 amide bonds. The zero-order valence-corrected chi connectivity index (χ0v) is 20.0. The van der Waals surface area contributed by atoms with E-state index in [0.29, 0.717) is 24.5 Å². The van der Waals surface area contributed by atoms with Crippen molar-refractivity contribution in [3.8, 4) is 5.75 Å². The van der Waals surface area contributed by atoms with E-state index >= 15 is 0 Å². The molecule has 0 fully saturated rings. The first kappa shape index (κ1) is 22.2. The van der Waals surface area contributed by atoms with E-state index in [0.717, 1.165) is 35.2 Å². The number of tetrazole rings is 1. The Morgan fingerprint density at radius 2 is 1.81 bits per heavy atom. The quantitative estimate of drug-likeness (QED) is 0.400. The monoisotopic (exact) mass is 478 g/mol. The summed E-state index contributed by atoms with van der Waals surface area (Å²) in [6.07, 6.45) is 0.895. The largest absolute Gasteiger partial charge is 0.497 e. The first-order chi connectivity index (χ1) is 17.7. The van der Waals surface area contributed by atoms with Crippen molar-refractivity contribution in [3.63, 3.8) is 0 Å². The van der Waals surface area contributed by atoms with Gasteiger partial charge in [0.15, 0.2) is 5.82 Å². The standard InChI is InChI=1S/C28H26N6O2/c1-36-23-11-12-25-22(15-23)16-24(28(35)29-25)26(33-14-13-20-9-5-6-10-21(20)18-33)27-30-31-32-34(27)17-19-7-3-2-4-8-19/h2-12,15-16,26H,13-14,17-18H2,1H3,(H,29,35). The SMILES string of the molecule is COc1ccc2[nH]c(=O)c(C(c3nnnn3Cc3ccccc3)N3CCc4ccccc4C3)cc2c1. The normalized spacial score (nSPS) is 14.5. The first-order valence-corrected chi connectivity index (χ1v) is 12.0. The summed E-state index contributed by atoms with van der Waals surface area (Å²) < 4.78 is 7.23. The Kier molecular flexibility index (Phi) is 5.79. The smallest absolute Gasteiger partial charge is 0.253 e. The van der Waals surface area contributed by atoms with Crippen LogP contribution in [0.25, 0.3) is 10.9 Å². The molecule has 3 heterocycles. The maximum Gasteiger partial charge on any atom is 0.253 e. The zero-order valence-electron chi connectivity index (χ0n) is 20.0. The number of hydrogen-bond acceptors (Lipinski definition) is 6. The molecule has 1 N–H and O–H groups in total. The van der Waals surface area contributed by atoms with Crippen LogP contribution in [0, 0.1) is 0 Å². The van der Waals surface area contributed by atoms with Crippen molar-refractivity contribution >= 4 is 10.9 Å². The number of hydrogen-bond donors (Lipinski definition) is 1. The summed E-state index contributed by atoms with van der Waals surface area (Å²) in [6.45, 7) is 2.01. The third kappa shape index (κ3) is 4.16. The molecule has 0 spiro atoms. The van der Waals surface area contributed by atoms with Crippen LogP contribution in [-0.4, -0.2) is 43.7 Å². The Morgan fingerprint density at radius 3 is 2.64 bits per heavy atom. The fourth-order valence-electron chi connectivity index (χ4n) is 5.05. The average molecular weight is 479 g/mol. The van der Waals surface area contributed by atoms with Gasteiger partial charge in [-0.3, -0.25) is 9.69 Å². The lowest BCUT2D eigenvalue weighted by atomic mass is 9.96. The summed E-state index contributed by atoms with van der Waals surface area (Å²) in [5.41, 5.74) is 4.91. The lowest BCUT2D eigenvalue weighted by Gasteiger charge is -2.34. The summed E-state index contributed by atoms with van der Waals surface area (Å²) in [5, 5.41) is 13.7. The highest BCUT2D eigenvalue weighted by Gasteiger charge is 2.32. The van der Waals surface area contributed by atoms with Gasteiger partial charge in [0.1, 0.15) is 11.8 Å². The van der Waals surface area contributed by atoms with E-state index in [1.54, 1.807) is 11.8 Å². The number of aromatic amines is 1. The molecule has 2 aromatic heterocycles. The molecule has 1 aliphatic heterocycles. The van der Waals surface area contributed by atoms with Crippen LogP contribution in [0.1, 0.15) is 34.1 Å². The molecule has 1 unspecified atom stereocenters. The Hall–Kier alpha value is -4.30. The number of ether oxygens (including phenoxy) is 1. The number of pyridine rings is 1. The predicted molar refractivity (Wildman–Crippen MR) is 137 cm³/mol. The van der Waals surface area contributed by atoms with Gasteiger partial charge in [-0.25, -0.2) is 4.68 Å². The number of methoxy groups -OCH3 is 1. The van der Waals surface area contributed by atoms with Crippen LogP contribution < -0.4 is 10.3 Å². The molecule has 0 saturated carbocycles. The summed E-state index contributed by atoms with van der Waals surface area (Å²) in [5.74, 6) is 1.38. The fraction of sp³-hybridized carbons (Fsp3) is 0.214. The van der Waals surface area contributed by atoms with E-state index in [2.05, 4.69) is 49.7 Å². The number of H-pyrrole nitrogens is 1. The molecule has 3 aromatic carbocycles. The molecule has 8 nitrogen and oxygen atoms in total. The highest BCUT2D eigenvalue weighted by Crippen LogP contribution is 2.32. The second-order valence-electron chi connectivity index (χ2n) is 9.08. The molecule has 1 atom stereocenters. The van der Waals surface area contributed by atoms with E-state index in [1.807, 2.05) is 54.6 Å². The molecule has 36 heavy (non-hydrogen) atoms. The number of nitrogens with one attached hydrogen (secondary N) is 1. The van der Waals surface area contributed by atoms with Gasteiger partial charge < -0.3 is 9.72 Å². The predicted octanol–water partition coefficient (Wildman–Crippen LogP) is 3.72. The third-order valence-corrected chi connectivity index (χ3v) is 6.88. The zero-order chi connectivity index (χ0) is 24.5. The van der Waals surface area contributed by atoms with Gasteiger partial charge in [0, 0.05) is 29.6 Å². The van der Waals surface area contributed by atoms with Gasteiger partial charge in [-0.2, -0.15) is 0 Å². The molecular weight excluding hydrogens is 452 g/mol. The van der Waals surface area contributed by atoms with Crippen molar-refractivity contribution in [2.24, 2.45) is 0 Å². The van der Waals surface area contributed by atoms with E-state index in [9.17, 15) is 4.79 Å². The van der Waals surface area contributed by atoms with E-state index < -0.39 is 6.04 Å². The van der Waals surface area contributed by atoms with Crippen LogP contribution in [0.3, 0.4) is 0 Å². The van der Waals surface area contributed by atoms with Crippen molar-refractivity contribution in [2.75, 3.05) is 13.7 Å². The van der Waals surface area contributed by atoms with Gasteiger partial charge in [0.25, 0.3) is 5.56 Å². The van der Waals surface area contributed by atoms with Crippen LogP contribution >= 0.6 is 0 Å². The van der Waals surface area contributed by atoms with Crippen molar-refractivity contribution in [1.29, 1.82) is 0 Å². The number of nitrogens with zero attached hydrogens (tertiary/aromatic N) is 5. The topological polar surface area (TPSA) is 88.9 Å². The molecule has 5 aromatic rings. The Bertz CT molecular complexity index is 1580. The molecule has 0 radical (unpaired) electrons. The number of benzene rings is 3. The molecule has 0 bridgehead atoms. The van der Waals surface area contributed by atoms with E-state index in [-0.39, 0.29) is 5.56 Å². The second kappa shape index (κ2) is 9.39. The minimum atomic E-state index is -0.420. The first-order valence-electron chi connectivity index (χ1n) is 12.0. The maximum atomic E-state index is 13.5. The summed E-state index contributed by atoms with van der Waals surface area (Å²) >= 11 is 0. The molecule has 8 heteroatoms. The average Bonchev–Trinajstić information content (AvgIpc) is 3.37. The minimum absolute atomic E-state index is 0.147. The Morgan fingerprint density at radius 1 is 1.00 bits per heavy atom. The number of fused-ring (bicyclic) bond motifs is 2. The van der Waals surface area contributed by atoms with Gasteiger partial charge >= 0.3 is 0 Å². The molecule has 0 saturated heterocycles. The van der Waals surface area contributed by atoms with Crippen LogP contribution in [0.15, 0.2) is 83.7 Å². The summed E-state index contributed by atoms with van der Waals surface area (Å²) in [6, 6.07) is 25.7. The van der Waals surface area contributed by atoms with Gasteiger partial charge in [0.2, 0.25) is 0 Å². The maximum absolute atomic E-state index is 13.5. The van der Waals surface area contributed by atoms with Crippen molar-refractivity contribution < 1.29 is 4.74 Å². The second-order valence-corrected chi connectivity index (χ2v) is 9.08. The number of rotatable bonds is 6. The van der Waals surface area contributed by atoms with Crippen LogP contribution in [0.5, 0.6) is 5.75 Å². The molecular formula is C28H26N6O2. The van der Waals surface area contributed by atoms with Gasteiger partial charge in [-0.1, -0.05) is 54.6 Å². The van der Waals surface area contributed by atoms with Gasteiger partial charge in [-0.15, -0.1) is 5.10 Å². The van der Waals surface area contributed by atoms with Gasteiger partial charge in [-0.05, 0) is 57.8 Å². The van der Waals surface area contributed by atoms with E-state index in [4.69, 9.17) is 4.74 Å². The Labute approximate surface area is 208 Å². The van der Waals surface area contributed by atoms with Crippen molar-refractivity contribution in [1.82, 2.24) is 30.1 Å². The van der Waals surface area contributed by atoms with Gasteiger partial charge in [0.05, 0.1) is 13.7 Å². The van der Waals surface area contributed by atoms with Crippen LogP contribution in [-0.2, 0) is 19.5 Å². The molecule has 1 aliphatic rings.